The van der Waals surface area contributed by atoms with Crippen molar-refractivity contribution in [2.75, 3.05) is 26.9 Å². The van der Waals surface area contributed by atoms with E-state index < -0.39 is 23.8 Å². The minimum absolute atomic E-state index is 0.0328. The Bertz CT molecular complexity index is 1430. The number of hydrogen-bond acceptors (Lipinski definition) is 8. The third kappa shape index (κ3) is 9.98. The Morgan fingerprint density at radius 1 is 1.10 bits per heavy atom. The van der Waals surface area contributed by atoms with Gasteiger partial charge >= 0.3 is 5.97 Å². The molecule has 2 aliphatic rings. The fraction of sp³-hybridized carbons (Fsp3) is 0.658. The molecule has 2 fully saturated rings. The Labute approximate surface area is 296 Å². The van der Waals surface area contributed by atoms with E-state index in [-0.39, 0.29) is 72.7 Å². The van der Waals surface area contributed by atoms with Crippen molar-refractivity contribution in [1.82, 2.24) is 20.1 Å². The molecule has 2 N–H and O–H groups in total. The van der Waals surface area contributed by atoms with Crippen LogP contribution in [0.3, 0.4) is 0 Å². The first-order valence-electron chi connectivity index (χ1n) is 18.0. The van der Waals surface area contributed by atoms with Gasteiger partial charge in [0.2, 0.25) is 5.91 Å². The van der Waals surface area contributed by atoms with Gasteiger partial charge in [0.1, 0.15) is 17.4 Å². The van der Waals surface area contributed by atoms with Crippen LogP contribution in [-0.2, 0) is 25.5 Å². The highest BCUT2D eigenvalue weighted by Gasteiger charge is 2.43. The van der Waals surface area contributed by atoms with E-state index >= 15 is 0 Å². The van der Waals surface area contributed by atoms with Gasteiger partial charge in [-0.1, -0.05) is 77.3 Å². The Morgan fingerprint density at radius 3 is 2.45 bits per heavy atom. The number of piperidine rings is 1. The Kier molecular flexibility index (Phi) is 13.9. The molecule has 270 valence electrons. The number of aryl methyl sites for hydroxylation is 1. The highest BCUT2D eigenvalue weighted by molar-refractivity contribution is 7.10. The number of amides is 2. The number of likely N-dealkylation sites (tertiary alicyclic amines) is 1. The van der Waals surface area contributed by atoms with Gasteiger partial charge in [0.15, 0.2) is 5.78 Å². The van der Waals surface area contributed by atoms with Crippen LogP contribution in [0.25, 0.3) is 0 Å². The molecule has 2 aromatic rings. The summed E-state index contributed by atoms with van der Waals surface area (Å²) in [4.78, 5) is 61.9. The van der Waals surface area contributed by atoms with Crippen LogP contribution < -0.4 is 5.32 Å². The third-order valence-electron chi connectivity index (χ3n) is 10.5. The zero-order chi connectivity index (χ0) is 35.8. The maximum atomic E-state index is 14.4. The van der Waals surface area contributed by atoms with E-state index in [4.69, 9.17) is 9.72 Å². The monoisotopic (exact) mass is 696 g/mol. The normalized spacial score (nSPS) is 22.7. The fourth-order valence-corrected chi connectivity index (χ4v) is 8.27. The van der Waals surface area contributed by atoms with E-state index in [9.17, 15) is 24.3 Å². The van der Waals surface area contributed by atoms with Gasteiger partial charge in [-0.15, -0.1) is 11.3 Å². The lowest BCUT2D eigenvalue weighted by molar-refractivity contribution is -0.159. The molecule has 49 heavy (non-hydrogen) atoms. The van der Waals surface area contributed by atoms with Crippen molar-refractivity contribution in [3.8, 4) is 0 Å². The standard InChI is InChI=1S/C38H56N4O6S/c1-8-25(5)29(19-33(43)32-11-9-10-16-41(32)7)37(45)42-22-48-20-30(34(42)23(2)3)36-40-31(21-49-36)35(44)39-28(17-26(6)38(46)47)18-27-14-12-24(4)13-15-27/h12-15,21,23,25-26,28-30,32,34H,8-11,16-20,22H2,1-7H3,(H,39,44)(H,46,47). The number of ether oxygens (including phenoxy) is 1. The number of carboxylic acid groups (broad SMARTS) is 1. The topological polar surface area (TPSA) is 129 Å². The number of likely N-dealkylation sites (N-methyl/N-ethyl adjacent to an activating group) is 1. The molecule has 1 aromatic carbocycles. The number of thiazole rings is 1. The Balaban J connectivity index is 1.52. The van der Waals surface area contributed by atoms with E-state index in [1.807, 2.05) is 43.1 Å². The first kappa shape index (κ1) is 38.6. The summed E-state index contributed by atoms with van der Waals surface area (Å²) < 4.78 is 6.05. The minimum atomic E-state index is -0.906. The zero-order valence-electron chi connectivity index (χ0n) is 30.3. The lowest BCUT2D eigenvalue weighted by Crippen LogP contribution is -2.55. The van der Waals surface area contributed by atoms with Gasteiger partial charge in [0.25, 0.3) is 5.91 Å². The molecule has 7 unspecified atom stereocenters. The van der Waals surface area contributed by atoms with Crippen molar-refractivity contribution in [1.29, 1.82) is 0 Å². The average molecular weight is 697 g/mol. The molecule has 3 heterocycles. The number of carboxylic acids is 1. The molecule has 2 amide bonds. The van der Waals surface area contributed by atoms with Crippen molar-refractivity contribution >= 4 is 34.9 Å². The molecule has 0 aliphatic carbocycles. The number of nitrogens with zero attached hydrogens (tertiary/aromatic N) is 3. The molecule has 2 saturated heterocycles. The molecule has 0 radical (unpaired) electrons. The average Bonchev–Trinajstić information content (AvgIpc) is 3.58. The van der Waals surface area contributed by atoms with Crippen LogP contribution in [0.1, 0.15) is 106 Å². The minimum Gasteiger partial charge on any atom is -0.481 e. The molecule has 0 saturated carbocycles. The Hall–Kier alpha value is -3.15. The molecule has 10 nitrogen and oxygen atoms in total. The van der Waals surface area contributed by atoms with Gasteiger partial charge in [0, 0.05) is 29.8 Å². The van der Waals surface area contributed by atoms with Gasteiger partial charge in [-0.2, -0.15) is 0 Å². The lowest BCUT2D eigenvalue weighted by Gasteiger charge is -2.44. The van der Waals surface area contributed by atoms with Crippen LogP contribution in [-0.4, -0.2) is 88.5 Å². The first-order chi connectivity index (χ1) is 23.3. The summed E-state index contributed by atoms with van der Waals surface area (Å²) in [5, 5.41) is 15.1. The second-order valence-electron chi connectivity index (χ2n) is 14.7. The molecule has 0 spiro atoms. The van der Waals surface area contributed by atoms with E-state index in [0.717, 1.165) is 48.4 Å². The number of rotatable bonds is 15. The molecular weight excluding hydrogens is 641 g/mol. The van der Waals surface area contributed by atoms with Crippen molar-refractivity contribution in [3.05, 3.63) is 51.5 Å². The number of aromatic nitrogens is 1. The van der Waals surface area contributed by atoms with Gasteiger partial charge in [-0.05, 0) is 63.6 Å². The van der Waals surface area contributed by atoms with Crippen LogP contribution in [0.2, 0.25) is 0 Å². The second kappa shape index (κ2) is 17.7. The van der Waals surface area contributed by atoms with E-state index in [1.165, 1.54) is 11.3 Å². The number of nitrogens with one attached hydrogen (secondary N) is 1. The highest BCUT2D eigenvalue weighted by Crippen LogP contribution is 2.37. The van der Waals surface area contributed by atoms with Crippen LogP contribution in [0.4, 0.5) is 0 Å². The quantitative estimate of drug-likeness (QED) is 0.235. The van der Waals surface area contributed by atoms with Crippen molar-refractivity contribution in [2.45, 2.75) is 111 Å². The number of aliphatic carboxylic acids is 1. The number of carbonyl (C=O) groups is 4. The summed E-state index contributed by atoms with van der Waals surface area (Å²) >= 11 is 1.38. The molecule has 2 aliphatic heterocycles. The summed E-state index contributed by atoms with van der Waals surface area (Å²) in [5.41, 5.74) is 2.41. The molecule has 4 rings (SSSR count). The lowest BCUT2D eigenvalue weighted by atomic mass is 9.81. The molecule has 7 atom stereocenters. The Morgan fingerprint density at radius 2 is 1.82 bits per heavy atom. The number of benzene rings is 1. The maximum absolute atomic E-state index is 14.4. The van der Waals surface area contributed by atoms with Crippen LogP contribution >= 0.6 is 11.3 Å². The van der Waals surface area contributed by atoms with Crippen molar-refractivity contribution < 1.29 is 29.0 Å². The second-order valence-corrected chi connectivity index (χ2v) is 15.6. The van der Waals surface area contributed by atoms with Crippen molar-refractivity contribution in [2.24, 2.45) is 23.7 Å². The van der Waals surface area contributed by atoms with Gasteiger partial charge in [0.05, 0.1) is 24.5 Å². The maximum Gasteiger partial charge on any atom is 0.306 e. The molecule has 0 bridgehead atoms. The van der Waals surface area contributed by atoms with E-state index in [1.54, 1.807) is 12.3 Å². The summed E-state index contributed by atoms with van der Waals surface area (Å²) in [7, 11) is 2.00. The van der Waals surface area contributed by atoms with Gasteiger partial charge in [-0.3, -0.25) is 24.1 Å². The number of hydrogen-bond donors (Lipinski definition) is 2. The SMILES string of the molecule is CCC(C)C(CC(=O)C1CCCCN1C)C(=O)N1COCC(c2nc(C(=O)NC(Cc3ccc(C)cc3)CC(C)C(=O)O)cs2)C1C(C)C. The largest absolute Gasteiger partial charge is 0.481 e. The van der Waals surface area contributed by atoms with Crippen LogP contribution in [0.15, 0.2) is 29.6 Å². The smallest absolute Gasteiger partial charge is 0.306 e. The van der Waals surface area contributed by atoms with Crippen LogP contribution in [0, 0.1) is 30.6 Å². The third-order valence-corrected chi connectivity index (χ3v) is 11.5. The highest BCUT2D eigenvalue weighted by atomic mass is 32.1. The summed E-state index contributed by atoms with van der Waals surface area (Å²) in [6.45, 7) is 13.4. The van der Waals surface area contributed by atoms with Crippen LogP contribution in [0.5, 0.6) is 0 Å². The zero-order valence-corrected chi connectivity index (χ0v) is 31.1. The molecule has 11 heteroatoms. The fourth-order valence-electron chi connectivity index (χ4n) is 7.35. The summed E-state index contributed by atoms with van der Waals surface area (Å²) in [5.74, 6) is -2.36. The predicted molar refractivity (Wildman–Crippen MR) is 192 cm³/mol. The molecule has 1 aromatic heterocycles. The summed E-state index contributed by atoms with van der Waals surface area (Å²) in [6.07, 6.45) is 4.76. The van der Waals surface area contributed by atoms with E-state index in [0.29, 0.717) is 13.0 Å². The molecular formula is C38H56N4O6S. The number of carbonyl (C=O) groups excluding carboxylic acids is 3. The van der Waals surface area contributed by atoms with E-state index in [2.05, 4.69) is 37.9 Å². The summed E-state index contributed by atoms with van der Waals surface area (Å²) in [6, 6.07) is 7.26. The number of Topliss-reactive ketones (excluding diaryl/α,β-unsaturated/α-hetero) is 1. The van der Waals surface area contributed by atoms with Crippen molar-refractivity contribution in [3.63, 3.8) is 0 Å². The van der Waals surface area contributed by atoms with Gasteiger partial charge in [-0.25, -0.2) is 4.98 Å². The first-order valence-corrected chi connectivity index (χ1v) is 18.8. The number of ketones is 1. The van der Waals surface area contributed by atoms with Gasteiger partial charge < -0.3 is 20.1 Å². The predicted octanol–water partition coefficient (Wildman–Crippen LogP) is 5.93.